The van der Waals surface area contributed by atoms with E-state index in [2.05, 4.69) is 5.16 Å². The Morgan fingerprint density at radius 3 is 1.58 bits per heavy atom. The summed E-state index contributed by atoms with van der Waals surface area (Å²) in [5, 5.41) is 5.95. The molecule has 50 heavy (non-hydrogen) atoms. The number of hydrogen-bond donors (Lipinski definition) is 0. The fourth-order valence-electron chi connectivity index (χ4n) is 5.00. The second-order valence-corrected chi connectivity index (χ2v) is 16.1. The molecular formula is C41H31ClNO4PS2. The number of Topliss-reactive ketones (excluding diaryl/α,β-unsaturated/α-hetero) is 1. The monoisotopic (exact) mass is 731 g/mol. The van der Waals surface area contributed by atoms with E-state index in [1.807, 2.05) is 91.0 Å². The predicted octanol–water partition coefficient (Wildman–Crippen LogP) is 10.4. The molecule has 5 nitrogen and oxygen atoms in total. The van der Waals surface area contributed by atoms with Gasteiger partial charge in [0.05, 0.1) is 10.6 Å². The Labute approximate surface area is 305 Å². The molecule has 0 saturated heterocycles. The topological polar surface area (TPSA) is 72.8 Å². The van der Waals surface area contributed by atoms with Gasteiger partial charge in [0, 0.05) is 48.6 Å². The van der Waals surface area contributed by atoms with Gasteiger partial charge in [0.15, 0.2) is 5.78 Å². The first kappa shape index (κ1) is 35.2. The van der Waals surface area contributed by atoms with Crippen molar-refractivity contribution in [1.29, 1.82) is 0 Å². The van der Waals surface area contributed by atoms with Crippen molar-refractivity contribution in [3.63, 3.8) is 0 Å². The molecule has 0 N–H and O–H groups in total. The zero-order valence-corrected chi connectivity index (χ0v) is 30.0. The van der Waals surface area contributed by atoms with E-state index < -0.39 is 7.37 Å². The minimum absolute atomic E-state index is 0.0260. The molecule has 0 heterocycles. The van der Waals surface area contributed by atoms with Gasteiger partial charge >= 0.3 is 7.37 Å². The highest BCUT2D eigenvalue weighted by atomic mass is 35.5. The van der Waals surface area contributed by atoms with Crippen molar-refractivity contribution >= 4 is 70.4 Å². The molecule has 0 unspecified atom stereocenters. The van der Waals surface area contributed by atoms with Crippen LogP contribution in [-0.4, -0.2) is 23.0 Å². The summed E-state index contributed by atoms with van der Waals surface area (Å²) >= 11 is 9.14. The summed E-state index contributed by atoms with van der Waals surface area (Å²) in [6.45, 7) is 0. The van der Waals surface area contributed by atoms with Crippen molar-refractivity contribution < 1.29 is 18.8 Å². The van der Waals surface area contributed by atoms with Crippen LogP contribution in [0.4, 0.5) is 0 Å². The van der Waals surface area contributed by atoms with Crippen LogP contribution >= 0.6 is 42.5 Å². The fourth-order valence-corrected chi connectivity index (χ4v) is 8.63. The molecule has 6 aromatic carbocycles. The number of ketones is 2. The summed E-state index contributed by atoms with van der Waals surface area (Å²) in [6.07, 6.45) is 0.278. The molecule has 9 heteroatoms. The van der Waals surface area contributed by atoms with Crippen molar-refractivity contribution in [1.82, 2.24) is 0 Å². The van der Waals surface area contributed by atoms with Crippen LogP contribution in [0.3, 0.4) is 0 Å². The molecule has 0 aliphatic heterocycles. The second kappa shape index (κ2) is 16.8. The number of oxime groups is 1. The number of carbonyl (C=O) groups is 2. The Morgan fingerprint density at radius 1 is 0.580 bits per heavy atom. The molecule has 0 bridgehead atoms. The van der Waals surface area contributed by atoms with Gasteiger partial charge in [0.2, 0.25) is 5.78 Å². The highest BCUT2D eigenvalue weighted by molar-refractivity contribution is 7.99. The lowest BCUT2D eigenvalue weighted by atomic mass is 10.0. The molecule has 248 valence electrons. The SMILES string of the molecule is O=C(/C(CCSc1ccc(Cl)cc1)=N/OP(=O)(c1ccccc1)c1ccccc1)c1ccc(Sc2ccc(C(=O)c3ccccc3)cc2)cc1. The molecule has 0 radical (unpaired) electrons. The highest BCUT2D eigenvalue weighted by Gasteiger charge is 2.31. The van der Waals surface area contributed by atoms with Crippen molar-refractivity contribution in [3.8, 4) is 0 Å². The fraction of sp³-hybridized carbons (Fsp3) is 0.0488. The summed E-state index contributed by atoms with van der Waals surface area (Å²) in [7, 11) is -3.66. The molecule has 0 aliphatic rings. The maximum Gasteiger partial charge on any atom is 0.330 e. The molecule has 0 saturated carbocycles. The minimum atomic E-state index is -3.66. The summed E-state index contributed by atoms with van der Waals surface area (Å²) in [6, 6.07) is 49.3. The summed E-state index contributed by atoms with van der Waals surface area (Å²) < 4.78 is 20.4. The third-order valence-corrected chi connectivity index (χ3v) is 12.2. The Balaban J connectivity index is 1.21. The van der Waals surface area contributed by atoms with Gasteiger partial charge in [-0.05, 0) is 97.1 Å². The van der Waals surface area contributed by atoms with Crippen LogP contribution < -0.4 is 10.6 Å². The van der Waals surface area contributed by atoms with E-state index >= 15 is 0 Å². The van der Waals surface area contributed by atoms with Crippen LogP contribution in [0.15, 0.2) is 184 Å². The second-order valence-electron chi connectivity index (χ2n) is 11.1. The largest absolute Gasteiger partial charge is 0.330 e. The summed E-state index contributed by atoms with van der Waals surface area (Å²) in [4.78, 5) is 29.6. The van der Waals surface area contributed by atoms with Crippen molar-refractivity contribution in [2.45, 2.75) is 21.1 Å². The van der Waals surface area contributed by atoms with Crippen LogP contribution in [0, 0.1) is 0 Å². The number of halogens is 1. The quantitative estimate of drug-likeness (QED) is 0.0365. The molecule has 0 fully saturated rings. The molecule has 0 atom stereocenters. The van der Waals surface area contributed by atoms with Gasteiger partial charge in [0.25, 0.3) is 0 Å². The number of hydrogen-bond acceptors (Lipinski definition) is 7. The van der Waals surface area contributed by atoms with Crippen LogP contribution in [0.25, 0.3) is 0 Å². The molecule has 6 aromatic rings. The lowest BCUT2D eigenvalue weighted by Crippen LogP contribution is -2.20. The molecule has 0 aromatic heterocycles. The minimum Gasteiger partial charge on any atom is -0.330 e. The van der Waals surface area contributed by atoms with Crippen LogP contribution in [0.5, 0.6) is 0 Å². The Morgan fingerprint density at radius 2 is 1.04 bits per heavy atom. The zero-order chi connectivity index (χ0) is 34.8. The van der Waals surface area contributed by atoms with Crippen LogP contribution in [0.1, 0.15) is 32.7 Å². The number of benzene rings is 6. The van der Waals surface area contributed by atoms with E-state index in [-0.39, 0.29) is 23.7 Å². The number of nitrogens with zero attached hydrogens (tertiary/aromatic N) is 1. The molecule has 6 rings (SSSR count). The number of thioether (sulfide) groups is 1. The van der Waals surface area contributed by atoms with Gasteiger partial charge in [-0.15, -0.1) is 11.8 Å². The Hall–Kier alpha value is -4.65. The van der Waals surface area contributed by atoms with E-state index in [0.29, 0.717) is 38.1 Å². The first-order chi connectivity index (χ1) is 24.4. The first-order valence-corrected chi connectivity index (χ1v) is 19.6. The number of carbonyl (C=O) groups excluding carboxylic acids is 2. The van der Waals surface area contributed by atoms with Gasteiger partial charge in [0.1, 0.15) is 5.71 Å². The van der Waals surface area contributed by atoms with E-state index in [1.54, 1.807) is 84.6 Å². The Bertz CT molecular complexity index is 2080. The number of rotatable bonds is 14. The summed E-state index contributed by atoms with van der Waals surface area (Å²) in [5.41, 5.74) is 1.87. The van der Waals surface area contributed by atoms with Gasteiger partial charge in [-0.1, -0.05) is 95.2 Å². The van der Waals surface area contributed by atoms with Crippen molar-refractivity contribution in [2.24, 2.45) is 5.16 Å². The Kier molecular flexibility index (Phi) is 11.9. The van der Waals surface area contributed by atoms with Gasteiger partial charge in [-0.2, -0.15) is 0 Å². The van der Waals surface area contributed by atoms with Crippen molar-refractivity contribution in [3.05, 3.63) is 186 Å². The van der Waals surface area contributed by atoms with Crippen LogP contribution in [0.2, 0.25) is 5.02 Å². The van der Waals surface area contributed by atoms with E-state index in [4.69, 9.17) is 16.2 Å². The highest BCUT2D eigenvalue weighted by Crippen LogP contribution is 2.45. The third-order valence-electron chi connectivity index (χ3n) is 7.65. The lowest BCUT2D eigenvalue weighted by molar-refractivity contribution is 0.103. The predicted molar refractivity (Wildman–Crippen MR) is 206 cm³/mol. The van der Waals surface area contributed by atoms with Gasteiger partial charge in [-0.25, -0.2) is 0 Å². The van der Waals surface area contributed by atoms with E-state index in [9.17, 15) is 14.2 Å². The summed E-state index contributed by atoms with van der Waals surface area (Å²) in [5.74, 6) is 0.199. The molecule has 0 amide bonds. The van der Waals surface area contributed by atoms with Gasteiger partial charge < -0.3 is 4.62 Å². The van der Waals surface area contributed by atoms with Gasteiger partial charge in [-0.3, -0.25) is 14.2 Å². The lowest BCUT2D eigenvalue weighted by Gasteiger charge is -2.17. The standard InChI is InChI=1S/C41H31ClNO4PS2/c42-33-20-26-36(27-21-33)49-29-28-39(43-47-48(46,34-12-6-2-7-13-34)35-14-8-3-9-15-35)41(45)32-18-24-38(25-19-32)50-37-22-16-31(17-23-37)40(44)30-10-4-1-5-11-30/h1-27H,28-29H2/b43-39+. The zero-order valence-electron chi connectivity index (χ0n) is 26.7. The molecule has 0 spiro atoms. The van der Waals surface area contributed by atoms with Crippen LogP contribution in [-0.2, 0) is 9.19 Å². The van der Waals surface area contributed by atoms with Crippen molar-refractivity contribution in [2.75, 3.05) is 5.75 Å². The molecular weight excluding hydrogens is 701 g/mol. The maximum atomic E-state index is 14.5. The van der Waals surface area contributed by atoms with E-state index in [1.165, 1.54) is 11.8 Å². The average molecular weight is 732 g/mol. The maximum absolute atomic E-state index is 14.5. The average Bonchev–Trinajstić information content (AvgIpc) is 3.18. The smallest absolute Gasteiger partial charge is 0.330 e. The van der Waals surface area contributed by atoms with E-state index in [0.717, 1.165) is 14.7 Å². The normalized spacial score (nSPS) is 11.6. The third kappa shape index (κ3) is 8.92. The first-order valence-electron chi connectivity index (χ1n) is 15.8. The molecule has 0 aliphatic carbocycles.